The molecule has 1 N–H and O–H groups in total. The first kappa shape index (κ1) is 30.7. The van der Waals surface area contributed by atoms with Gasteiger partial charge in [-0.05, 0) is 65.2 Å². The zero-order valence-electron chi connectivity index (χ0n) is 24.4. The number of hydrogen-bond acceptors (Lipinski definition) is 6. The van der Waals surface area contributed by atoms with Gasteiger partial charge in [-0.3, -0.25) is 14.4 Å². The van der Waals surface area contributed by atoms with E-state index in [1.165, 1.54) is 0 Å². The minimum Gasteiger partial charge on any atom is -0.465 e. The lowest BCUT2D eigenvalue weighted by Crippen LogP contribution is -2.61. The number of amides is 2. The number of allylic oxidation sites excluding steroid dienone is 1. The van der Waals surface area contributed by atoms with E-state index in [0.29, 0.717) is 19.4 Å². The fraction of sp³-hybridized carbons (Fsp3) is 0.767. The number of aliphatic hydroxyl groups excluding tert-OH is 1. The summed E-state index contributed by atoms with van der Waals surface area (Å²) in [5.74, 6) is -1.99. The smallest absolute Gasteiger partial charge is 0.311 e. The molecule has 7 nitrogen and oxygen atoms in total. The van der Waals surface area contributed by atoms with Gasteiger partial charge in [0.15, 0.2) is 0 Å². The van der Waals surface area contributed by atoms with E-state index in [4.69, 9.17) is 4.74 Å². The molecule has 0 saturated carbocycles. The zero-order valence-corrected chi connectivity index (χ0v) is 25.2. The van der Waals surface area contributed by atoms with Crippen LogP contribution in [0.25, 0.3) is 0 Å². The van der Waals surface area contributed by atoms with Crippen molar-refractivity contribution < 1.29 is 24.2 Å². The van der Waals surface area contributed by atoms with Crippen molar-refractivity contribution in [1.29, 1.82) is 0 Å². The van der Waals surface area contributed by atoms with E-state index >= 15 is 0 Å². The van der Waals surface area contributed by atoms with E-state index in [1.807, 2.05) is 11.8 Å². The Labute approximate surface area is 233 Å². The molecule has 3 aliphatic heterocycles. The molecule has 8 heteroatoms. The fourth-order valence-electron chi connectivity index (χ4n) is 7.36. The molecule has 3 heterocycles. The lowest BCUT2D eigenvalue weighted by molar-refractivity contribution is -0.156. The summed E-state index contributed by atoms with van der Waals surface area (Å²) >= 11 is 1.63. The summed E-state index contributed by atoms with van der Waals surface area (Å²) in [6.07, 6.45) is 7.11. The van der Waals surface area contributed by atoms with Crippen molar-refractivity contribution in [3.63, 3.8) is 0 Å². The Balaban J connectivity index is 2.06. The number of thioether (sulfide) groups is 1. The van der Waals surface area contributed by atoms with Gasteiger partial charge in [-0.15, -0.1) is 24.9 Å². The molecular formula is C30H48N2O5S. The van der Waals surface area contributed by atoms with Gasteiger partial charge in [0, 0.05) is 16.8 Å². The maximum absolute atomic E-state index is 14.7. The number of hydrogen-bond donors (Lipinski definition) is 1. The molecule has 6 atom stereocenters. The zero-order chi connectivity index (χ0) is 28.7. The first-order chi connectivity index (χ1) is 17.6. The van der Waals surface area contributed by atoms with Crippen LogP contribution in [0.15, 0.2) is 25.3 Å². The van der Waals surface area contributed by atoms with E-state index in [9.17, 15) is 19.5 Å². The summed E-state index contributed by atoms with van der Waals surface area (Å²) in [7, 11) is 0. The number of ether oxygens (including phenoxy) is 1. The molecule has 214 valence electrons. The lowest BCUT2D eigenvalue weighted by Gasteiger charge is -2.46. The van der Waals surface area contributed by atoms with Crippen molar-refractivity contribution in [1.82, 2.24) is 9.80 Å². The van der Waals surface area contributed by atoms with Crippen LogP contribution in [0, 0.1) is 17.3 Å². The quantitative estimate of drug-likeness (QED) is 0.218. The van der Waals surface area contributed by atoms with Crippen molar-refractivity contribution >= 4 is 29.5 Å². The highest BCUT2D eigenvalue weighted by Crippen LogP contribution is 2.71. The van der Waals surface area contributed by atoms with Gasteiger partial charge in [-0.1, -0.05) is 32.9 Å². The van der Waals surface area contributed by atoms with Crippen molar-refractivity contribution in [2.45, 2.75) is 108 Å². The molecular weight excluding hydrogens is 500 g/mol. The molecule has 0 aromatic heterocycles. The lowest BCUT2D eigenvalue weighted by atomic mass is 9.66. The molecule has 2 unspecified atom stereocenters. The Morgan fingerprint density at radius 3 is 2.45 bits per heavy atom. The molecule has 0 aromatic rings. The molecule has 2 amide bonds. The van der Waals surface area contributed by atoms with Crippen LogP contribution in [0.5, 0.6) is 0 Å². The number of fused-ring (bicyclic) bond motifs is 1. The summed E-state index contributed by atoms with van der Waals surface area (Å²) in [5, 5.41) is 10.1. The third-order valence-corrected chi connectivity index (χ3v) is 10.5. The molecule has 0 aliphatic carbocycles. The second kappa shape index (κ2) is 11.0. The second-order valence-electron chi connectivity index (χ2n) is 13.4. The highest BCUT2D eigenvalue weighted by Gasteiger charge is 2.78. The molecule has 1 spiro atoms. The SMILES string of the molecule is C=CCCCOC(=O)[C@@H]1[C@H]2C(=O)N([C@H](C)CO)C(C(=O)N(CC=C)C(C)(C)CC(C)(C)C)C23CC[C@@]1(C)S3. The van der Waals surface area contributed by atoms with Crippen LogP contribution in [-0.4, -0.2) is 79.6 Å². The Bertz CT molecular complexity index is 959. The number of unbranched alkanes of at least 4 members (excludes halogenated alkanes) is 1. The third kappa shape index (κ3) is 5.32. The highest BCUT2D eigenvalue weighted by molar-refractivity contribution is 8.02. The number of likely N-dealkylation sites (tertiary alicyclic amines) is 1. The van der Waals surface area contributed by atoms with E-state index < -0.39 is 39.0 Å². The van der Waals surface area contributed by atoms with Crippen LogP contribution in [0.1, 0.15) is 80.6 Å². The highest BCUT2D eigenvalue weighted by atomic mass is 32.2. The molecule has 38 heavy (non-hydrogen) atoms. The Morgan fingerprint density at radius 1 is 1.24 bits per heavy atom. The van der Waals surface area contributed by atoms with Crippen LogP contribution >= 0.6 is 11.8 Å². The number of nitrogens with zero attached hydrogens (tertiary/aromatic N) is 2. The molecule has 3 aliphatic rings. The van der Waals surface area contributed by atoms with Gasteiger partial charge in [-0.25, -0.2) is 0 Å². The number of aliphatic hydroxyl groups is 1. The van der Waals surface area contributed by atoms with E-state index in [2.05, 4.69) is 47.8 Å². The minimum atomic E-state index is -0.772. The maximum atomic E-state index is 14.7. The molecule has 2 bridgehead atoms. The van der Waals surface area contributed by atoms with Crippen LogP contribution in [0.2, 0.25) is 0 Å². The van der Waals surface area contributed by atoms with Crippen molar-refractivity contribution in [2.24, 2.45) is 17.3 Å². The van der Waals surface area contributed by atoms with Crippen LogP contribution < -0.4 is 0 Å². The van der Waals surface area contributed by atoms with Gasteiger partial charge in [-0.2, -0.15) is 0 Å². The number of esters is 1. The third-order valence-electron chi connectivity index (χ3n) is 8.51. The summed E-state index contributed by atoms with van der Waals surface area (Å²) in [4.78, 5) is 45.7. The predicted molar refractivity (Wildman–Crippen MR) is 153 cm³/mol. The van der Waals surface area contributed by atoms with Crippen molar-refractivity contribution in [3.05, 3.63) is 25.3 Å². The standard InChI is InChI=1S/C30H48N2O5S/c1-10-12-13-17-37-26(36)22-21-24(34)32(20(3)18-33)23(30(21)15-14-29(22,9)38-30)25(35)31(16-11-2)28(7,8)19-27(4,5)6/h10-11,20-23,33H,1-2,12-19H2,3-9H3/t20-,21+,22+,23?,29-,30?/m1/s1. The second-order valence-corrected chi connectivity index (χ2v) is 15.3. The van der Waals surface area contributed by atoms with Crippen molar-refractivity contribution in [2.75, 3.05) is 19.8 Å². The van der Waals surface area contributed by atoms with Crippen LogP contribution in [-0.2, 0) is 19.1 Å². The average Bonchev–Trinajstić information content (AvgIpc) is 3.38. The van der Waals surface area contributed by atoms with Crippen LogP contribution in [0.3, 0.4) is 0 Å². The molecule has 3 rings (SSSR count). The van der Waals surface area contributed by atoms with E-state index in [-0.39, 0.29) is 36.4 Å². The van der Waals surface area contributed by atoms with E-state index in [0.717, 1.165) is 19.3 Å². The molecule has 3 saturated heterocycles. The van der Waals surface area contributed by atoms with Crippen LogP contribution in [0.4, 0.5) is 0 Å². The number of carbonyl (C=O) groups excluding carboxylic acids is 3. The monoisotopic (exact) mass is 548 g/mol. The number of rotatable bonds is 12. The topological polar surface area (TPSA) is 87.1 Å². The molecule has 0 aromatic carbocycles. The fourth-order valence-corrected chi connectivity index (χ4v) is 9.68. The van der Waals surface area contributed by atoms with Gasteiger partial charge in [0.1, 0.15) is 6.04 Å². The van der Waals surface area contributed by atoms with Gasteiger partial charge in [0.05, 0.1) is 35.8 Å². The Morgan fingerprint density at radius 2 is 1.89 bits per heavy atom. The first-order valence-corrected chi connectivity index (χ1v) is 14.7. The Kier molecular flexibility index (Phi) is 8.89. The number of carbonyl (C=O) groups is 3. The normalized spacial score (nSPS) is 31.2. The summed E-state index contributed by atoms with van der Waals surface area (Å²) in [6, 6.07) is -1.32. The Hall–Kier alpha value is -1.80. The average molecular weight is 549 g/mol. The molecule has 3 fully saturated rings. The summed E-state index contributed by atoms with van der Waals surface area (Å²) < 4.78 is 4.46. The predicted octanol–water partition coefficient (Wildman–Crippen LogP) is 4.59. The van der Waals surface area contributed by atoms with Gasteiger partial charge < -0.3 is 19.6 Å². The summed E-state index contributed by atoms with van der Waals surface area (Å²) in [5.41, 5.74) is -0.522. The van der Waals surface area contributed by atoms with Gasteiger partial charge in [0.25, 0.3) is 0 Å². The van der Waals surface area contributed by atoms with Gasteiger partial charge in [0.2, 0.25) is 11.8 Å². The summed E-state index contributed by atoms with van der Waals surface area (Å²) in [6.45, 7) is 22.4. The van der Waals surface area contributed by atoms with Crippen molar-refractivity contribution in [3.8, 4) is 0 Å². The first-order valence-electron chi connectivity index (χ1n) is 13.9. The maximum Gasteiger partial charge on any atom is 0.311 e. The largest absolute Gasteiger partial charge is 0.465 e. The minimum absolute atomic E-state index is 0.0257. The molecule has 0 radical (unpaired) electrons. The van der Waals surface area contributed by atoms with E-state index in [1.54, 1.807) is 35.7 Å². The van der Waals surface area contributed by atoms with Gasteiger partial charge >= 0.3 is 5.97 Å².